The quantitative estimate of drug-likeness (QED) is 0.754. The summed E-state index contributed by atoms with van der Waals surface area (Å²) in [6, 6.07) is 5.12. The van der Waals surface area contributed by atoms with Crippen molar-refractivity contribution < 1.29 is 19.1 Å². The molecule has 1 aromatic carbocycles. The summed E-state index contributed by atoms with van der Waals surface area (Å²) in [5, 5.41) is 0. The van der Waals surface area contributed by atoms with E-state index in [-0.39, 0.29) is 6.16 Å². The Morgan fingerprint density at radius 1 is 1.43 bits per heavy atom. The lowest BCUT2D eigenvalue weighted by molar-refractivity contribution is 0.371. The maximum absolute atomic E-state index is 10.7. The van der Waals surface area contributed by atoms with Gasteiger partial charge >= 0.3 is 7.60 Å². The lowest BCUT2D eigenvalue weighted by Crippen LogP contribution is -1.91. The van der Waals surface area contributed by atoms with E-state index in [1.54, 1.807) is 18.2 Å². The Morgan fingerprint density at radius 3 is 2.57 bits per heavy atom. The molecule has 2 N–H and O–H groups in total. The van der Waals surface area contributed by atoms with Crippen molar-refractivity contribution in [3.8, 4) is 5.75 Å². The molecule has 0 fully saturated rings. The first-order valence-corrected chi connectivity index (χ1v) is 5.90. The molecule has 4 nitrogen and oxygen atoms in total. The number of benzene rings is 1. The fourth-order valence-corrected chi connectivity index (χ4v) is 1.87. The van der Waals surface area contributed by atoms with Crippen molar-refractivity contribution in [3.05, 3.63) is 29.3 Å². The Kier molecular flexibility index (Phi) is 3.32. The summed E-state index contributed by atoms with van der Waals surface area (Å²) in [5.74, 6) is 0.649. The zero-order valence-corrected chi connectivity index (χ0v) is 8.99. The maximum Gasteiger partial charge on any atom is 0.329 e. The first kappa shape index (κ1) is 11.2. The SMILES string of the molecule is COc1cc(CP(=O)(O)O)ccc1C. The Balaban J connectivity index is 2.96. The predicted molar refractivity (Wildman–Crippen MR) is 53.5 cm³/mol. The fraction of sp³-hybridized carbons (Fsp3) is 0.333. The smallest absolute Gasteiger partial charge is 0.329 e. The molecule has 0 bridgehead atoms. The van der Waals surface area contributed by atoms with Gasteiger partial charge in [-0.05, 0) is 24.1 Å². The Hall–Kier alpha value is -0.830. The van der Waals surface area contributed by atoms with Crippen molar-refractivity contribution in [1.29, 1.82) is 0 Å². The van der Waals surface area contributed by atoms with Gasteiger partial charge in [-0.1, -0.05) is 12.1 Å². The molecule has 1 rings (SSSR count). The molecule has 0 saturated heterocycles. The third-order valence-electron chi connectivity index (χ3n) is 1.86. The molecule has 1 aromatic rings. The van der Waals surface area contributed by atoms with Crippen LogP contribution >= 0.6 is 7.60 Å². The summed E-state index contributed by atoms with van der Waals surface area (Å²) in [4.78, 5) is 17.5. The Labute approximate surface area is 82.7 Å². The molecule has 0 amide bonds. The van der Waals surface area contributed by atoms with Crippen molar-refractivity contribution >= 4 is 7.60 Å². The molecular formula is C9H13O4P. The highest BCUT2D eigenvalue weighted by molar-refractivity contribution is 7.50. The van der Waals surface area contributed by atoms with Crippen molar-refractivity contribution in [3.63, 3.8) is 0 Å². The van der Waals surface area contributed by atoms with Gasteiger partial charge < -0.3 is 14.5 Å². The number of ether oxygens (including phenoxy) is 1. The summed E-state index contributed by atoms with van der Waals surface area (Å²) in [5.41, 5.74) is 1.53. The van der Waals surface area contributed by atoms with Crippen LogP contribution in [0.5, 0.6) is 5.75 Å². The predicted octanol–water partition coefficient (Wildman–Crippen LogP) is 1.68. The molecule has 14 heavy (non-hydrogen) atoms. The first-order chi connectivity index (χ1) is 6.42. The average molecular weight is 216 g/mol. The van der Waals surface area contributed by atoms with E-state index in [1.165, 1.54) is 7.11 Å². The second-order valence-electron chi connectivity index (χ2n) is 3.13. The number of hydrogen-bond acceptors (Lipinski definition) is 2. The molecule has 78 valence electrons. The van der Waals surface area contributed by atoms with Crippen LogP contribution in [0.1, 0.15) is 11.1 Å². The lowest BCUT2D eigenvalue weighted by Gasteiger charge is -2.08. The van der Waals surface area contributed by atoms with E-state index in [9.17, 15) is 4.57 Å². The molecular weight excluding hydrogens is 203 g/mol. The van der Waals surface area contributed by atoms with Crippen molar-refractivity contribution in [1.82, 2.24) is 0 Å². The Bertz CT molecular complexity index is 369. The summed E-state index contributed by atoms with van der Waals surface area (Å²) < 4.78 is 15.8. The molecule has 0 aromatic heterocycles. The zero-order valence-electron chi connectivity index (χ0n) is 8.10. The minimum absolute atomic E-state index is 0.246. The molecule has 0 heterocycles. The third-order valence-corrected chi connectivity index (χ3v) is 2.64. The van der Waals surface area contributed by atoms with Crippen LogP contribution in [0.15, 0.2) is 18.2 Å². The van der Waals surface area contributed by atoms with Crippen LogP contribution in [-0.4, -0.2) is 16.9 Å². The molecule has 0 aliphatic carbocycles. The van der Waals surface area contributed by atoms with Gasteiger partial charge in [0, 0.05) is 0 Å². The van der Waals surface area contributed by atoms with Crippen LogP contribution in [-0.2, 0) is 10.7 Å². The minimum Gasteiger partial charge on any atom is -0.496 e. The minimum atomic E-state index is -3.99. The average Bonchev–Trinajstić information content (AvgIpc) is 2.06. The van der Waals surface area contributed by atoms with E-state index in [0.29, 0.717) is 11.3 Å². The van der Waals surface area contributed by atoms with Gasteiger partial charge in [0.2, 0.25) is 0 Å². The topological polar surface area (TPSA) is 66.8 Å². The van der Waals surface area contributed by atoms with E-state index in [0.717, 1.165) is 5.56 Å². The van der Waals surface area contributed by atoms with Gasteiger partial charge in [-0.2, -0.15) is 0 Å². The third kappa shape index (κ3) is 3.14. The monoisotopic (exact) mass is 216 g/mol. The van der Waals surface area contributed by atoms with E-state index in [4.69, 9.17) is 14.5 Å². The van der Waals surface area contributed by atoms with E-state index in [2.05, 4.69) is 0 Å². The summed E-state index contributed by atoms with van der Waals surface area (Å²) in [7, 11) is -2.46. The Morgan fingerprint density at radius 2 is 2.07 bits per heavy atom. The van der Waals surface area contributed by atoms with E-state index < -0.39 is 7.60 Å². The second-order valence-corrected chi connectivity index (χ2v) is 4.77. The van der Waals surface area contributed by atoms with Crippen LogP contribution in [0.3, 0.4) is 0 Å². The fourth-order valence-electron chi connectivity index (χ4n) is 1.20. The zero-order chi connectivity index (χ0) is 10.8. The van der Waals surface area contributed by atoms with Gasteiger partial charge in [0.25, 0.3) is 0 Å². The van der Waals surface area contributed by atoms with Gasteiger partial charge in [-0.3, -0.25) is 4.57 Å². The summed E-state index contributed by atoms with van der Waals surface area (Å²) in [6.07, 6.45) is -0.246. The van der Waals surface area contributed by atoms with Gasteiger partial charge in [0.05, 0.1) is 13.3 Å². The maximum atomic E-state index is 10.7. The van der Waals surface area contributed by atoms with E-state index in [1.807, 2.05) is 6.92 Å². The lowest BCUT2D eigenvalue weighted by atomic mass is 10.1. The van der Waals surface area contributed by atoms with Crippen molar-refractivity contribution in [2.24, 2.45) is 0 Å². The van der Waals surface area contributed by atoms with Gasteiger partial charge in [-0.15, -0.1) is 0 Å². The molecule has 0 unspecified atom stereocenters. The van der Waals surface area contributed by atoms with Gasteiger partial charge in [0.15, 0.2) is 0 Å². The highest BCUT2D eigenvalue weighted by atomic mass is 31.2. The van der Waals surface area contributed by atoms with Crippen LogP contribution in [0.25, 0.3) is 0 Å². The summed E-state index contributed by atoms with van der Waals surface area (Å²) >= 11 is 0. The van der Waals surface area contributed by atoms with E-state index >= 15 is 0 Å². The molecule has 0 aliphatic rings. The number of hydrogen-bond donors (Lipinski definition) is 2. The largest absolute Gasteiger partial charge is 0.496 e. The second kappa shape index (κ2) is 4.13. The molecule has 5 heteroatoms. The number of rotatable bonds is 3. The molecule has 0 aliphatic heterocycles. The normalized spacial score (nSPS) is 11.4. The first-order valence-electron chi connectivity index (χ1n) is 4.10. The highest BCUT2D eigenvalue weighted by Crippen LogP contribution is 2.39. The summed E-state index contributed by atoms with van der Waals surface area (Å²) in [6.45, 7) is 1.88. The number of methoxy groups -OCH3 is 1. The molecule has 0 atom stereocenters. The van der Waals surface area contributed by atoms with Crippen molar-refractivity contribution in [2.45, 2.75) is 13.1 Å². The standard InChI is InChI=1S/C9H13O4P/c1-7-3-4-8(5-9(7)13-2)6-14(10,11)12/h3-5H,6H2,1-2H3,(H2,10,11,12). The van der Waals surface area contributed by atoms with Crippen LogP contribution < -0.4 is 4.74 Å². The highest BCUT2D eigenvalue weighted by Gasteiger charge is 2.14. The van der Waals surface area contributed by atoms with Gasteiger partial charge in [-0.25, -0.2) is 0 Å². The molecule has 0 spiro atoms. The van der Waals surface area contributed by atoms with Gasteiger partial charge in [0.1, 0.15) is 5.75 Å². The molecule has 0 radical (unpaired) electrons. The van der Waals surface area contributed by atoms with Crippen LogP contribution in [0.4, 0.5) is 0 Å². The van der Waals surface area contributed by atoms with Crippen LogP contribution in [0, 0.1) is 6.92 Å². The van der Waals surface area contributed by atoms with Crippen molar-refractivity contribution in [2.75, 3.05) is 7.11 Å². The number of aryl methyl sites for hydroxylation is 1. The molecule has 0 saturated carbocycles. The van der Waals surface area contributed by atoms with Crippen LogP contribution in [0.2, 0.25) is 0 Å².